The van der Waals surface area contributed by atoms with E-state index < -0.39 is 10.0 Å². The minimum Gasteiger partial charge on any atom is -0.448 e. The van der Waals surface area contributed by atoms with E-state index in [0.717, 1.165) is 25.7 Å². The third-order valence-corrected chi connectivity index (χ3v) is 5.47. The summed E-state index contributed by atoms with van der Waals surface area (Å²) < 4.78 is 30.8. The molecule has 1 aliphatic rings. The molecule has 1 saturated carbocycles. The summed E-state index contributed by atoms with van der Waals surface area (Å²) in [5, 5.41) is 2.71. The summed E-state index contributed by atoms with van der Waals surface area (Å²) in [5.41, 5.74) is 6.01. The third-order valence-electron chi connectivity index (χ3n) is 4.20. The Balaban J connectivity index is 2.16. The van der Waals surface area contributed by atoms with Crippen molar-refractivity contribution in [2.75, 3.05) is 13.6 Å². The molecule has 1 fully saturated rings. The Kier molecular flexibility index (Phi) is 5.25. The molecule has 0 bridgehead atoms. The summed E-state index contributed by atoms with van der Waals surface area (Å²) in [6, 6.07) is 1.29. The molecule has 8 heteroatoms. The minimum atomic E-state index is -3.70. The molecule has 2 rings (SSSR count). The predicted molar refractivity (Wildman–Crippen MR) is 82.0 cm³/mol. The average Bonchev–Trinajstić information content (AvgIpc) is 2.90. The van der Waals surface area contributed by atoms with Gasteiger partial charge in [0.25, 0.3) is 15.9 Å². The van der Waals surface area contributed by atoms with Crippen molar-refractivity contribution in [3.63, 3.8) is 0 Å². The molecule has 2 unspecified atom stereocenters. The van der Waals surface area contributed by atoms with Crippen LogP contribution in [0.4, 0.5) is 0 Å². The van der Waals surface area contributed by atoms with Gasteiger partial charge in [0.15, 0.2) is 0 Å². The Morgan fingerprint density at radius 1 is 1.41 bits per heavy atom. The molecule has 2 atom stereocenters. The predicted octanol–water partition coefficient (Wildman–Crippen LogP) is 0.743. The van der Waals surface area contributed by atoms with Crippen molar-refractivity contribution in [3.05, 3.63) is 17.4 Å². The highest BCUT2D eigenvalue weighted by atomic mass is 32.2. The number of furan rings is 1. The smallest absolute Gasteiger partial charge is 0.273 e. The van der Waals surface area contributed by atoms with Crippen molar-refractivity contribution < 1.29 is 17.6 Å². The SMILES string of the molecule is CNS(=O)(=O)c1cc(C(=O)NC2CCCCC2CN)c(C)o1. The highest BCUT2D eigenvalue weighted by Crippen LogP contribution is 2.25. The molecule has 0 aromatic carbocycles. The zero-order chi connectivity index (χ0) is 16.3. The summed E-state index contributed by atoms with van der Waals surface area (Å²) >= 11 is 0. The standard InChI is InChI=1S/C14H23N3O4S/c1-9-11(7-13(21-9)22(19,20)16-2)14(18)17-12-6-4-3-5-10(12)8-15/h7,10,12,16H,3-6,8,15H2,1-2H3,(H,17,18). The first-order chi connectivity index (χ1) is 10.4. The van der Waals surface area contributed by atoms with Gasteiger partial charge in [0.2, 0.25) is 5.09 Å². The zero-order valence-corrected chi connectivity index (χ0v) is 13.7. The molecule has 1 amide bonds. The van der Waals surface area contributed by atoms with Crippen LogP contribution in [-0.4, -0.2) is 34.0 Å². The fourth-order valence-corrected chi connectivity index (χ4v) is 3.55. The lowest BCUT2D eigenvalue weighted by molar-refractivity contribution is 0.0906. The van der Waals surface area contributed by atoms with E-state index in [1.807, 2.05) is 0 Å². The monoisotopic (exact) mass is 329 g/mol. The molecule has 1 aromatic heterocycles. The van der Waals surface area contributed by atoms with Gasteiger partial charge < -0.3 is 15.5 Å². The van der Waals surface area contributed by atoms with Gasteiger partial charge in [-0.1, -0.05) is 12.8 Å². The molecule has 0 saturated heterocycles. The molecule has 0 radical (unpaired) electrons. The van der Waals surface area contributed by atoms with Gasteiger partial charge in [-0.3, -0.25) is 4.79 Å². The molecule has 0 aliphatic heterocycles. The number of aryl methyl sites for hydroxylation is 1. The van der Waals surface area contributed by atoms with E-state index in [9.17, 15) is 13.2 Å². The molecule has 0 spiro atoms. The number of carbonyl (C=O) groups excluding carboxylic acids is 1. The second kappa shape index (κ2) is 6.80. The van der Waals surface area contributed by atoms with Gasteiger partial charge >= 0.3 is 0 Å². The highest BCUT2D eigenvalue weighted by Gasteiger charge is 2.28. The Morgan fingerprint density at radius 2 is 2.09 bits per heavy atom. The molecule has 4 N–H and O–H groups in total. The van der Waals surface area contributed by atoms with E-state index in [0.29, 0.717) is 6.54 Å². The fraction of sp³-hybridized carbons (Fsp3) is 0.643. The van der Waals surface area contributed by atoms with Crippen LogP contribution in [-0.2, 0) is 10.0 Å². The first kappa shape index (κ1) is 17.0. The number of amides is 1. The third kappa shape index (κ3) is 3.50. The molecule has 1 heterocycles. The fourth-order valence-electron chi connectivity index (χ4n) is 2.84. The van der Waals surface area contributed by atoms with Gasteiger partial charge in [-0.05, 0) is 39.3 Å². The number of rotatable bonds is 5. The van der Waals surface area contributed by atoms with Crippen LogP contribution in [0.1, 0.15) is 41.8 Å². The number of hydrogen-bond donors (Lipinski definition) is 3. The van der Waals surface area contributed by atoms with Gasteiger partial charge in [0.05, 0.1) is 5.56 Å². The zero-order valence-electron chi connectivity index (χ0n) is 12.9. The van der Waals surface area contributed by atoms with Crippen molar-refractivity contribution in [3.8, 4) is 0 Å². The molecule has 1 aromatic rings. The van der Waals surface area contributed by atoms with Crippen LogP contribution in [0, 0.1) is 12.8 Å². The maximum absolute atomic E-state index is 12.4. The van der Waals surface area contributed by atoms with Crippen molar-refractivity contribution in [1.29, 1.82) is 0 Å². The second-order valence-electron chi connectivity index (χ2n) is 5.60. The van der Waals surface area contributed by atoms with Gasteiger partial charge in [-0.2, -0.15) is 0 Å². The number of carbonyl (C=O) groups is 1. The first-order valence-corrected chi connectivity index (χ1v) is 8.92. The van der Waals surface area contributed by atoms with Gasteiger partial charge in [0, 0.05) is 12.1 Å². The molecule has 22 heavy (non-hydrogen) atoms. The lowest BCUT2D eigenvalue weighted by Gasteiger charge is -2.31. The number of nitrogens with one attached hydrogen (secondary N) is 2. The Morgan fingerprint density at radius 3 is 2.73 bits per heavy atom. The average molecular weight is 329 g/mol. The molecule has 124 valence electrons. The van der Waals surface area contributed by atoms with Crippen LogP contribution in [0.25, 0.3) is 0 Å². The lowest BCUT2D eigenvalue weighted by Crippen LogP contribution is -2.44. The minimum absolute atomic E-state index is 0.0323. The van der Waals surface area contributed by atoms with Crippen LogP contribution < -0.4 is 15.8 Å². The molecule has 7 nitrogen and oxygen atoms in total. The van der Waals surface area contributed by atoms with Crippen molar-refractivity contribution in [2.45, 2.75) is 43.7 Å². The lowest BCUT2D eigenvalue weighted by atomic mass is 9.84. The maximum Gasteiger partial charge on any atom is 0.273 e. The van der Waals surface area contributed by atoms with Gasteiger partial charge in [-0.25, -0.2) is 13.1 Å². The van der Waals surface area contributed by atoms with E-state index in [2.05, 4.69) is 10.0 Å². The van der Waals surface area contributed by atoms with E-state index in [4.69, 9.17) is 10.2 Å². The van der Waals surface area contributed by atoms with Crippen LogP contribution in [0.5, 0.6) is 0 Å². The number of sulfonamides is 1. The Bertz CT molecular complexity index is 639. The topological polar surface area (TPSA) is 114 Å². The van der Waals surface area contributed by atoms with Crippen LogP contribution in [0.15, 0.2) is 15.6 Å². The maximum atomic E-state index is 12.4. The van der Waals surface area contributed by atoms with E-state index in [1.54, 1.807) is 6.92 Å². The van der Waals surface area contributed by atoms with E-state index in [-0.39, 0.29) is 34.3 Å². The van der Waals surface area contributed by atoms with Crippen molar-refractivity contribution in [2.24, 2.45) is 11.7 Å². The normalized spacial score (nSPS) is 22.5. The highest BCUT2D eigenvalue weighted by molar-refractivity contribution is 7.89. The quantitative estimate of drug-likeness (QED) is 0.737. The van der Waals surface area contributed by atoms with Gasteiger partial charge in [0.1, 0.15) is 5.76 Å². The molecular weight excluding hydrogens is 306 g/mol. The van der Waals surface area contributed by atoms with Crippen LogP contribution in [0.3, 0.4) is 0 Å². The summed E-state index contributed by atoms with van der Waals surface area (Å²) in [6.45, 7) is 2.11. The van der Waals surface area contributed by atoms with Crippen LogP contribution >= 0.6 is 0 Å². The number of hydrogen-bond acceptors (Lipinski definition) is 5. The Hall–Kier alpha value is -1.38. The van der Waals surface area contributed by atoms with Crippen molar-refractivity contribution >= 4 is 15.9 Å². The van der Waals surface area contributed by atoms with E-state index >= 15 is 0 Å². The summed E-state index contributed by atoms with van der Waals surface area (Å²) in [7, 11) is -2.41. The largest absolute Gasteiger partial charge is 0.448 e. The van der Waals surface area contributed by atoms with Gasteiger partial charge in [-0.15, -0.1) is 0 Å². The first-order valence-electron chi connectivity index (χ1n) is 7.44. The summed E-state index contributed by atoms with van der Waals surface area (Å²) in [5.74, 6) is 0.237. The second-order valence-corrected chi connectivity index (χ2v) is 7.42. The van der Waals surface area contributed by atoms with Crippen LogP contribution in [0.2, 0.25) is 0 Å². The number of nitrogens with two attached hydrogens (primary N) is 1. The van der Waals surface area contributed by atoms with Crippen molar-refractivity contribution in [1.82, 2.24) is 10.0 Å². The molecule has 1 aliphatic carbocycles. The molecular formula is C14H23N3O4S. The summed E-state index contributed by atoms with van der Waals surface area (Å²) in [4.78, 5) is 12.4. The van der Waals surface area contributed by atoms with E-state index in [1.165, 1.54) is 13.1 Å². The Labute approximate surface area is 130 Å². The summed E-state index contributed by atoms with van der Waals surface area (Å²) in [6.07, 6.45) is 4.09.